The molecule has 5 rings (SSSR count). The van der Waals surface area contributed by atoms with Crippen LogP contribution in [0.15, 0.2) is 60.7 Å². The van der Waals surface area contributed by atoms with E-state index in [0.717, 1.165) is 48.1 Å². The molecule has 3 aromatic carbocycles. The number of hydrogen-bond donors (Lipinski definition) is 0. The van der Waals surface area contributed by atoms with Crippen LogP contribution in [0.3, 0.4) is 0 Å². The minimum Gasteiger partial charge on any atom is -0.485 e. The number of ether oxygens (including phenoxy) is 2. The van der Waals surface area contributed by atoms with Crippen LogP contribution in [-0.4, -0.2) is 13.1 Å². The number of carbonyl (C=O) groups excluding carboxylic acids is 1. The van der Waals surface area contributed by atoms with Gasteiger partial charge in [0.2, 0.25) is 0 Å². The maximum absolute atomic E-state index is 14.3. The molecule has 0 spiro atoms. The molecule has 2 aliphatic rings. The molecule has 0 bridgehead atoms. The van der Waals surface area contributed by atoms with Crippen LogP contribution in [0.2, 0.25) is 0 Å². The third kappa shape index (κ3) is 4.59. The predicted molar refractivity (Wildman–Crippen MR) is 131 cm³/mol. The maximum Gasteiger partial charge on any atom is 0.306 e. The lowest BCUT2D eigenvalue weighted by molar-refractivity contribution is -0.141. The number of aryl methyl sites for hydroxylation is 2. The second-order valence-corrected chi connectivity index (χ2v) is 9.70. The highest BCUT2D eigenvalue weighted by Gasteiger charge is 2.32. The Morgan fingerprint density at radius 3 is 2.56 bits per heavy atom. The van der Waals surface area contributed by atoms with Crippen LogP contribution in [-0.2, 0) is 16.0 Å². The Kier molecular flexibility index (Phi) is 6.40. The smallest absolute Gasteiger partial charge is 0.306 e. The number of benzene rings is 3. The average Bonchev–Trinajstić information content (AvgIpc) is 2.83. The first-order valence-electron chi connectivity index (χ1n) is 12.2. The monoisotopic (exact) mass is 458 g/mol. The number of esters is 1. The maximum atomic E-state index is 14.3. The summed E-state index contributed by atoms with van der Waals surface area (Å²) < 4.78 is 25.8. The Balaban J connectivity index is 1.36. The summed E-state index contributed by atoms with van der Waals surface area (Å²) >= 11 is 0. The van der Waals surface area contributed by atoms with Crippen LogP contribution in [0.4, 0.5) is 4.39 Å². The fraction of sp³-hybridized carbons (Fsp3) is 0.367. The van der Waals surface area contributed by atoms with Gasteiger partial charge in [-0.3, -0.25) is 4.79 Å². The fourth-order valence-corrected chi connectivity index (χ4v) is 5.25. The van der Waals surface area contributed by atoms with Gasteiger partial charge < -0.3 is 9.47 Å². The van der Waals surface area contributed by atoms with Gasteiger partial charge in [0.25, 0.3) is 0 Å². The van der Waals surface area contributed by atoms with Crippen molar-refractivity contribution in [2.24, 2.45) is 5.92 Å². The highest BCUT2D eigenvalue weighted by Crippen LogP contribution is 2.44. The molecule has 2 atom stereocenters. The Morgan fingerprint density at radius 2 is 1.85 bits per heavy atom. The third-order valence-electron chi connectivity index (χ3n) is 7.51. The van der Waals surface area contributed by atoms with Crippen molar-refractivity contribution in [1.82, 2.24) is 0 Å². The fourth-order valence-electron chi connectivity index (χ4n) is 5.25. The van der Waals surface area contributed by atoms with Crippen molar-refractivity contribution >= 4 is 5.97 Å². The van der Waals surface area contributed by atoms with E-state index in [1.165, 1.54) is 30.7 Å². The molecule has 176 valence electrons. The average molecular weight is 459 g/mol. The van der Waals surface area contributed by atoms with E-state index in [-0.39, 0.29) is 23.8 Å². The molecule has 34 heavy (non-hydrogen) atoms. The number of methoxy groups -OCH3 is 1. The predicted octanol–water partition coefficient (Wildman–Crippen LogP) is 7.31. The van der Waals surface area contributed by atoms with Crippen molar-refractivity contribution in [2.75, 3.05) is 7.11 Å². The Labute approximate surface area is 200 Å². The molecule has 0 amide bonds. The molecule has 0 saturated heterocycles. The van der Waals surface area contributed by atoms with Crippen molar-refractivity contribution in [1.29, 1.82) is 0 Å². The van der Waals surface area contributed by atoms with Crippen LogP contribution in [0, 0.1) is 18.7 Å². The SMILES string of the molecule is COC(=O)C[C@H](c1ccc2c(c1)O[C@H](c1ccc(-c3cc(C)ccc3F)cc1)CC2)C1CCC1. The molecule has 3 nitrogen and oxygen atoms in total. The van der Waals surface area contributed by atoms with E-state index in [1.807, 2.05) is 37.3 Å². The molecule has 0 radical (unpaired) electrons. The van der Waals surface area contributed by atoms with Crippen molar-refractivity contribution in [2.45, 2.75) is 57.5 Å². The van der Waals surface area contributed by atoms with Gasteiger partial charge in [0.1, 0.15) is 17.7 Å². The molecular weight excluding hydrogens is 427 g/mol. The summed E-state index contributed by atoms with van der Waals surface area (Å²) in [6.45, 7) is 1.97. The van der Waals surface area contributed by atoms with Crippen LogP contribution in [0.5, 0.6) is 5.75 Å². The summed E-state index contributed by atoms with van der Waals surface area (Å²) in [6, 6.07) is 19.7. The minimum absolute atomic E-state index is 0.0399. The second kappa shape index (κ2) is 9.61. The van der Waals surface area contributed by atoms with E-state index in [1.54, 1.807) is 6.07 Å². The second-order valence-electron chi connectivity index (χ2n) is 9.70. The molecule has 1 aliphatic heterocycles. The summed E-state index contributed by atoms with van der Waals surface area (Å²) in [5, 5.41) is 0. The number of rotatable bonds is 6. The molecule has 1 aliphatic carbocycles. The lowest BCUT2D eigenvalue weighted by Crippen LogP contribution is -2.24. The van der Waals surface area contributed by atoms with Gasteiger partial charge >= 0.3 is 5.97 Å². The minimum atomic E-state index is -0.207. The van der Waals surface area contributed by atoms with Gasteiger partial charge in [-0.15, -0.1) is 0 Å². The first-order valence-corrected chi connectivity index (χ1v) is 12.2. The summed E-state index contributed by atoms with van der Waals surface area (Å²) in [5.74, 6) is 1.27. The van der Waals surface area contributed by atoms with Crippen molar-refractivity contribution in [3.8, 4) is 16.9 Å². The van der Waals surface area contributed by atoms with Crippen LogP contribution < -0.4 is 4.74 Å². The van der Waals surface area contributed by atoms with Gasteiger partial charge in [0.05, 0.1) is 13.5 Å². The van der Waals surface area contributed by atoms with Crippen LogP contribution in [0.1, 0.15) is 66.4 Å². The first kappa shape index (κ1) is 22.6. The van der Waals surface area contributed by atoms with Crippen LogP contribution in [0.25, 0.3) is 11.1 Å². The van der Waals surface area contributed by atoms with E-state index in [4.69, 9.17) is 9.47 Å². The number of carbonyl (C=O) groups is 1. The zero-order valence-corrected chi connectivity index (χ0v) is 19.9. The largest absolute Gasteiger partial charge is 0.485 e. The Morgan fingerprint density at radius 1 is 1.06 bits per heavy atom. The number of hydrogen-bond acceptors (Lipinski definition) is 3. The number of halogens is 1. The summed E-state index contributed by atoms with van der Waals surface area (Å²) in [6.07, 6.45) is 5.78. The summed E-state index contributed by atoms with van der Waals surface area (Å²) in [4.78, 5) is 12.1. The zero-order chi connectivity index (χ0) is 23.7. The number of fused-ring (bicyclic) bond motifs is 1. The zero-order valence-electron chi connectivity index (χ0n) is 19.9. The van der Waals surface area contributed by atoms with E-state index in [9.17, 15) is 9.18 Å². The molecule has 1 heterocycles. The van der Waals surface area contributed by atoms with Gasteiger partial charge in [-0.2, -0.15) is 0 Å². The molecular formula is C30H31FO3. The molecule has 0 aromatic heterocycles. The van der Waals surface area contributed by atoms with Gasteiger partial charge in [-0.05, 0) is 84.9 Å². The topological polar surface area (TPSA) is 35.5 Å². The van der Waals surface area contributed by atoms with Gasteiger partial charge in [-0.1, -0.05) is 54.4 Å². The van der Waals surface area contributed by atoms with E-state index in [2.05, 4.69) is 18.2 Å². The Bertz CT molecular complexity index is 1180. The third-order valence-corrected chi connectivity index (χ3v) is 7.51. The molecule has 4 heteroatoms. The van der Waals surface area contributed by atoms with Crippen molar-refractivity contribution in [3.63, 3.8) is 0 Å². The van der Waals surface area contributed by atoms with Crippen molar-refractivity contribution in [3.05, 3.63) is 88.7 Å². The van der Waals surface area contributed by atoms with E-state index in [0.29, 0.717) is 17.9 Å². The van der Waals surface area contributed by atoms with Crippen molar-refractivity contribution < 1.29 is 18.7 Å². The lowest BCUT2D eigenvalue weighted by Gasteiger charge is -2.34. The normalized spacial score (nSPS) is 18.4. The highest BCUT2D eigenvalue weighted by molar-refractivity contribution is 5.70. The molecule has 0 unspecified atom stereocenters. The van der Waals surface area contributed by atoms with Crippen LogP contribution >= 0.6 is 0 Å². The first-order chi connectivity index (χ1) is 16.5. The lowest BCUT2D eigenvalue weighted by atomic mass is 9.71. The molecule has 1 fully saturated rings. The summed E-state index contributed by atoms with van der Waals surface area (Å²) in [5.41, 5.74) is 6.01. The molecule has 0 N–H and O–H groups in total. The summed E-state index contributed by atoms with van der Waals surface area (Å²) in [7, 11) is 1.46. The quantitative estimate of drug-likeness (QED) is 0.363. The highest BCUT2D eigenvalue weighted by atomic mass is 19.1. The standard InChI is InChI=1S/C30H31FO3/c1-19-6-14-27(31)26(16-19)21-7-9-22(10-8-21)28-15-13-23-11-12-24(17-29(23)34-28)25(18-30(32)33-2)20-4-3-5-20/h6-12,14,16-17,20,25,28H,3-5,13,15,18H2,1-2H3/t25-,28-/m0/s1. The Hall–Kier alpha value is -3.14. The van der Waals surface area contributed by atoms with Gasteiger partial charge in [0, 0.05) is 5.56 Å². The van der Waals surface area contributed by atoms with E-state index < -0.39 is 0 Å². The molecule has 1 saturated carbocycles. The van der Waals surface area contributed by atoms with Gasteiger partial charge in [0.15, 0.2) is 0 Å². The molecule has 3 aromatic rings. The van der Waals surface area contributed by atoms with Gasteiger partial charge in [-0.25, -0.2) is 4.39 Å². The van der Waals surface area contributed by atoms with E-state index >= 15 is 0 Å².